The second kappa shape index (κ2) is 6.56. The van der Waals surface area contributed by atoms with Crippen molar-refractivity contribution < 1.29 is 14.0 Å². The molecule has 1 aromatic rings. The topological polar surface area (TPSA) is 49.4 Å². The van der Waals surface area contributed by atoms with E-state index in [1.54, 1.807) is 19.1 Å². The van der Waals surface area contributed by atoms with Gasteiger partial charge in [-0.15, -0.1) is 0 Å². The average Bonchev–Trinajstić information content (AvgIpc) is 2.43. The number of piperazine rings is 1. The number of hydrogen-bond donors (Lipinski definition) is 1. The minimum atomic E-state index is -0.569. The standard InChI is InChI=1S/C15H18BrFN2O2/c1-3-4-13-14(20)18-9(2)15(21)19(13)8-10-7-11(16)5-6-12(10)17/h5-7,9,13H,3-4,8H2,1-2H3,(H,18,20). The van der Waals surface area contributed by atoms with Gasteiger partial charge in [-0.1, -0.05) is 29.3 Å². The van der Waals surface area contributed by atoms with Crippen LogP contribution in [0.2, 0.25) is 0 Å². The van der Waals surface area contributed by atoms with Crippen LogP contribution in [0.3, 0.4) is 0 Å². The summed E-state index contributed by atoms with van der Waals surface area (Å²) >= 11 is 3.30. The van der Waals surface area contributed by atoms with Crippen molar-refractivity contribution in [3.8, 4) is 0 Å². The minimum absolute atomic E-state index is 0.104. The van der Waals surface area contributed by atoms with Gasteiger partial charge in [-0.3, -0.25) is 9.59 Å². The maximum absolute atomic E-state index is 13.9. The van der Waals surface area contributed by atoms with Crippen LogP contribution < -0.4 is 5.32 Å². The van der Waals surface area contributed by atoms with Gasteiger partial charge in [0.2, 0.25) is 11.8 Å². The van der Waals surface area contributed by atoms with Crippen molar-refractivity contribution in [3.63, 3.8) is 0 Å². The summed E-state index contributed by atoms with van der Waals surface area (Å²) in [5.41, 5.74) is 0.403. The second-order valence-corrected chi connectivity index (χ2v) is 6.15. The van der Waals surface area contributed by atoms with Crippen molar-refractivity contribution in [2.75, 3.05) is 0 Å². The zero-order valence-electron chi connectivity index (χ0n) is 12.0. The number of hydrogen-bond acceptors (Lipinski definition) is 2. The molecule has 1 aromatic carbocycles. The van der Waals surface area contributed by atoms with E-state index in [-0.39, 0.29) is 24.2 Å². The van der Waals surface area contributed by atoms with Crippen LogP contribution >= 0.6 is 15.9 Å². The van der Waals surface area contributed by atoms with Crippen LogP contribution in [-0.2, 0) is 16.1 Å². The van der Waals surface area contributed by atoms with E-state index in [2.05, 4.69) is 21.2 Å². The predicted octanol–water partition coefficient (Wildman–Crippen LogP) is 2.60. The largest absolute Gasteiger partial charge is 0.343 e. The summed E-state index contributed by atoms with van der Waals surface area (Å²) in [6.45, 7) is 3.70. The summed E-state index contributed by atoms with van der Waals surface area (Å²) in [6.07, 6.45) is 1.34. The summed E-state index contributed by atoms with van der Waals surface area (Å²) < 4.78 is 14.6. The van der Waals surface area contributed by atoms with Crippen LogP contribution in [0.25, 0.3) is 0 Å². The van der Waals surface area contributed by atoms with E-state index >= 15 is 0 Å². The minimum Gasteiger partial charge on any atom is -0.343 e. The summed E-state index contributed by atoms with van der Waals surface area (Å²) in [4.78, 5) is 25.9. The van der Waals surface area contributed by atoms with Crippen molar-refractivity contribution in [3.05, 3.63) is 34.1 Å². The van der Waals surface area contributed by atoms with E-state index in [1.165, 1.54) is 11.0 Å². The first-order chi connectivity index (χ1) is 9.93. The molecule has 2 unspecified atom stereocenters. The molecule has 0 spiro atoms. The molecule has 0 radical (unpaired) electrons. The fraction of sp³-hybridized carbons (Fsp3) is 0.467. The lowest BCUT2D eigenvalue weighted by molar-refractivity contribution is -0.149. The molecule has 6 heteroatoms. The summed E-state index contributed by atoms with van der Waals surface area (Å²) in [5.74, 6) is -0.716. The Labute approximate surface area is 131 Å². The molecule has 2 rings (SSSR count). The number of benzene rings is 1. The van der Waals surface area contributed by atoms with E-state index in [9.17, 15) is 14.0 Å². The molecule has 2 atom stereocenters. The Hall–Kier alpha value is -1.43. The third-order valence-electron chi connectivity index (χ3n) is 3.60. The van der Waals surface area contributed by atoms with Gasteiger partial charge in [-0.25, -0.2) is 4.39 Å². The number of rotatable bonds is 4. The van der Waals surface area contributed by atoms with E-state index in [4.69, 9.17) is 0 Å². The van der Waals surface area contributed by atoms with Crippen LogP contribution in [0.4, 0.5) is 4.39 Å². The first-order valence-corrected chi connectivity index (χ1v) is 7.78. The van der Waals surface area contributed by atoms with Gasteiger partial charge in [0.25, 0.3) is 0 Å². The molecule has 1 saturated heterocycles. The van der Waals surface area contributed by atoms with Crippen molar-refractivity contribution in [2.45, 2.75) is 45.3 Å². The molecule has 114 valence electrons. The molecule has 0 aliphatic carbocycles. The molecule has 0 aromatic heterocycles. The van der Waals surface area contributed by atoms with Gasteiger partial charge < -0.3 is 10.2 Å². The molecule has 1 heterocycles. The van der Waals surface area contributed by atoms with Crippen LogP contribution in [0, 0.1) is 5.82 Å². The summed E-state index contributed by atoms with van der Waals surface area (Å²) in [6, 6.07) is 3.50. The molecule has 2 amide bonds. The number of amides is 2. The fourth-order valence-electron chi connectivity index (χ4n) is 2.51. The van der Waals surface area contributed by atoms with E-state index in [1.807, 2.05) is 6.92 Å². The Kier molecular flexibility index (Phi) is 4.98. The van der Waals surface area contributed by atoms with Gasteiger partial charge >= 0.3 is 0 Å². The van der Waals surface area contributed by atoms with Crippen molar-refractivity contribution in [1.29, 1.82) is 0 Å². The lowest BCUT2D eigenvalue weighted by Crippen LogP contribution is -2.61. The Morgan fingerprint density at radius 2 is 2.10 bits per heavy atom. The zero-order chi connectivity index (χ0) is 15.6. The van der Waals surface area contributed by atoms with Crippen LogP contribution in [-0.4, -0.2) is 28.8 Å². The molecule has 0 bridgehead atoms. The number of nitrogens with zero attached hydrogens (tertiary/aromatic N) is 1. The Balaban J connectivity index is 2.30. The monoisotopic (exact) mass is 356 g/mol. The molecular formula is C15H18BrFN2O2. The zero-order valence-corrected chi connectivity index (χ0v) is 13.6. The molecule has 1 N–H and O–H groups in total. The highest BCUT2D eigenvalue weighted by atomic mass is 79.9. The Bertz CT molecular complexity index is 565. The number of carbonyl (C=O) groups excluding carboxylic acids is 2. The van der Waals surface area contributed by atoms with Gasteiger partial charge in [0.15, 0.2) is 0 Å². The van der Waals surface area contributed by atoms with Gasteiger partial charge in [-0.2, -0.15) is 0 Å². The normalized spacial score (nSPS) is 22.4. The molecule has 4 nitrogen and oxygen atoms in total. The molecule has 0 saturated carbocycles. The number of nitrogens with one attached hydrogen (secondary N) is 1. The highest BCUT2D eigenvalue weighted by molar-refractivity contribution is 9.10. The molecule has 1 aliphatic rings. The SMILES string of the molecule is CCCC1C(=O)NC(C)C(=O)N1Cc1cc(Br)ccc1F. The van der Waals surface area contributed by atoms with Crippen molar-refractivity contribution in [2.24, 2.45) is 0 Å². The lowest BCUT2D eigenvalue weighted by Gasteiger charge is -2.38. The lowest BCUT2D eigenvalue weighted by atomic mass is 10.0. The molecule has 1 aliphatic heterocycles. The van der Waals surface area contributed by atoms with Crippen LogP contribution in [0.15, 0.2) is 22.7 Å². The van der Waals surface area contributed by atoms with Crippen molar-refractivity contribution in [1.82, 2.24) is 10.2 Å². The predicted molar refractivity (Wildman–Crippen MR) is 81.0 cm³/mol. The maximum atomic E-state index is 13.9. The fourth-order valence-corrected chi connectivity index (χ4v) is 2.92. The first-order valence-electron chi connectivity index (χ1n) is 6.98. The average molecular weight is 357 g/mol. The van der Waals surface area contributed by atoms with Gasteiger partial charge in [-0.05, 0) is 31.5 Å². The van der Waals surface area contributed by atoms with Gasteiger partial charge in [0, 0.05) is 16.6 Å². The summed E-state index contributed by atoms with van der Waals surface area (Å²) in [7, 11) is 0. The molecule has 21 heavy (non-hydrogen) atoms. The van der Waals surface area contributed by atoms with Crippen LogP contribution in [0.5, 0.6) is 0 Å². The van der Waals surface area contributed by atoms with E-state index < -0.39 is 12.1 Å². The van der Waals surface area contributed by atoms with Crippen LogP contribution in [0.1, 0.15) is 32.3 Å². The van der Waals surface area contributed by atoms with Gasteiger partial charge in [0.1, 0.15) is 17.9 Å². The Morgan fingerprint density at radius 1 is 1.38 bits per heavy atom. The maximum Gasteiger partial charge on any atom is 0.245 e. The number of halogens is 2. The third-order valence-corrected chi connectivity index (χ3v) is 4.09. The molecular weight excluding hydrogens is 339 g/mol. The van der Waals surface area contributed by atoms with Crippen molar-refractivity contribution >= 4 is 27.7 Å². The number of carbonyl (C=O) groups is 2. The third kappa shape index (κ3) is 3.43. The quantitative estimate of drug-likeness (QED) is 0.901. The first kappa shape index (κ1) is 15.9. The van der Waals surface area contributed by atoms with Gasteiger partial charge in [0.05, 0.1) is 0 Å². The Morgan fingerprint density at radius 3 is 2.76 bits per heavy atom. The second-order valence-electron chi connectivity index (χ2n) is 5.24. The smallest absolute Gasteiger partial charge is 0.245 e. The highest BCUT2D eigenvalue weighted by Gasteiger charge is 2.38. The van der Waals surface area contributed by atoms with E-state index in [0.717, 1.165) is 10.9 Å². The molecule has 1 fully saturated rings. The summed E-state index contributed by atoms with van der Waals surface area (Å²) in [5, 5.41) is 2.67. The van der Waals surface area contributed by atoms with E-state index in [0.29, 0.717) is 12.0 Å². The highest BCUT2D eigenvalue weighted by Crippen LogP contribution is 2.22.